The SMILES string of the molecule is CC#CCNS(=O)(=O)c1c(C)n[nH]c1C. The fraction of sp³-hybridized carbons (Fsp3) is 0.444. The molecule has 0 unspecified atom stereocenters. The van der Waals surface area contributed by atoms with Gasteiger partial charge in [-0.25, -0.2) is 8.42 Å². The number of hydrogen-bond donors (Lipinski definition) is 2. The summed E-state index contributed by atoms with van der Waals surface area (Å²) in [5, 5.41) is 6.46. The van der Waals surface area contributed by atoms with Crippen molar-refractivity contribution < 1.29 is 8.42 Å². The van der Waals surface area contributed by atoms with E-state index in [1.54, 1.807) is 20.8 Å². The van der Waals surface area contributed by atoms with Crippen LogP contribution in [0.3, 0.4) is 0 Å². The van der Waals surface area contributed by atoms with E-state index in [2.05, 4.69) is 26.8 Å². The molecule has 0 saturated heterocycles. The number of aromatic amines is 1. The predicted molar refractivity (Wildman–Crippen MR) is 56.7 cm³/mol. The maximum absolute atomic E-state index is 11.8. The first-order valence-corrected chi connectivity index (χ1v) is 5.88. The number of rotatable bonds is 3. The summed E-state index contributed by atoms with van der Waals surface area (Å²) in [5.41, 5.74) is 0.994. The first-order chi connectivity index (χ1) is 6.99. The third-order valence-electron chi connectivity index (χ3n) is 1.86. The van der Waals surface area contributed by atoms with Gasteiger partial charge in [-0.1, -0.05) is 5.92 Å². The molecule has 0 radical (unpaired) electrons. The van der Waals surface area contributed by atoms with E-state index in [1.165, 1.54) is 0 Å². The third kappa shape index (κ3) is 2.58. The zero-order valence-electron chi connectivity index (χ0n) is 8.88. The number of aryl methyl sites for hydroxylation is 2. The molecule has 5 nitrogen and oxygen atoms in total. The molecule has 0 aliphatic carbocycles. The van der Waals surface area contributed by atoms with E-state index in [9.17, 15) is 8.42 Å². The molecule has 1 rings (SSSR count). The highest BCUT2D eigenvalue weighted by atomic mass is 32.2. The van der Waals surface area contributed by atoms with Gasteiger partial charge in [-0.2, -0.15) is 9.82 Å². The molecule has 0 aliphatic rings. The van der Waals surface area contributed by atoms with Crippen molar-refractivity contribution in [3.8, 4) is 11.8 Å². The molecule has 0 bridgehead atoms. The lowest BCUT2D eigenvalue weighted by Gasteiger charge is -2.03. The molecule has 1 heterocycles. The summed E-state index contributed by atoms with van der Waals surface area (Å²) < 4.78 is 25.9. The molecular formula is C9H13N3O2S. The van der Waals surface area contributed by atoms with E-state index < -0.39 is 10.0 Å². The van der Waals surface area contributed by atoms with Gasteiger partial charge in [0.2, 0.25) is 10.0 Å². The monoisotopic (exact) mass is 227 g/mol. The van der Waals surface area contributed by atoms with E-state index in [0.29, 0.717) is 11.4 Å². The smallest absolute Gasteiger partial charge is 0.245 e. The lowest BCUT2D eigenvalue weighted by molar-refractivity contribution is 0.585. The highest BCUT2D eigenvalue weighted by Crippen LogP contribution is 2.15. The maximum atomic E-state index is 11.8. The Balaban J connectivity index is 2.99. The number of nitrogens with zero attached hydrogens (tertiary/aromatic N) is 1. The molecule has 0 spiro atoms. The van der Waals surface area contributed by atoms with Crippen LogP contribution in [-0.2, 0) is 10.0 Å². The Morgan fingerprint density at radius 3 is 2.60 bits per heavy atom. The van der Waals surface area contributed by atoms with Crippen molar-refractivity contribution in [1.82, 2.24) is 14.9 Å². The summed E-state index contributed by atoms with van der Waals surface area (Å²) in [6.45, 7) is 5.08. The lowest BCUT2D eigenvalue weighted by Crippen LogP contribution is -2.24. The number of nitrogens with one attached hydrogen (secondary N) is 2. The average molecular weight is 227 g/mol. The standard InChI is InChI=1S/C9H13N3O2S/c1-4-5-6-10-15(13,14)9-7(2)11-12-8(9)3/h10H,6H2,1-3H3,(H,11,12). The molecule has 82 valence electrons. The molecule has 0 fully saturated rings. The van der Waals surface area contributed by atoms with Gasteiger partial charge in [0.15, 0.2) is 0 Å². The van der Waals surface area contributed by atoms with Crippen molar-refractivity contribution in [3.05, 3.63) is 11.4 Å². The van der Waals surface area contributed by atoms with Gasteiger partial charge in [-0.05, 0) is 20.8 Å². The first-order valence-electron chi connectivity index (χ1n) is 4.40. The van der Waals surface area contributed by atoms with Gasteiger partial charge >= 0.3 is 0 Å². The minimum absolute atomic E-state index is 0.114. The number of sulfonamides is 1. The van der Waals surface area contributed by atoms with Gasteiger partial charge < -0.3 is 0 Å². The second-order valence-electron chi connectivity index (χ2n) is 3.01. The summed E-state index contributed by atoms with van der Waals surface area (Å²) in [6.07, 6.45) is 0. The van der Waals surface area contributed by atoms with Gasteiger partial charge in [0.25, 0.3) is 0 Å². The minimum atomic E-state index is -3.50. The Morgan fingerprint density at radius 2 is 2.13 bits per heavy atom. The molecule has 0 saturated carbocycles. The van der Waals surface area contributed by atoms with Crippen LogP contribution in [0.15, 0.2) is 4.90 Å². The van der Waals surface area contributed by atoms with Gasteiger partial charge in [-0.3, -0.25) is 5.10 Å². The van der Waals surface area contributed by atoms with Crippen LogP contribution in [0.5, 0.6) is 0 Å². The number of hydrogen-bond acceptors (Lipinski definition) is 3. The average Bonchev–Trinajstić information content (AvgIpc) is 2.46. The van der Waals surface area contributed by atoms with Crippen LogP contribution < -0.4 is 4.72 Å². The fourth-order valence-corrected chi connectivity index (χ4v) is 2.52. The second kappa shape index (κ2) is 4.47. The van der Waals surface area contributed by atoms with Gasteiger partial charge in [0.05, 0.1) is 17.9 Å². The number of H-pyrrole nitrogens is 1. The quantitative estimate of drug-likeness (QED) is 0.731. The molecule has 1 aromatic heterocycles. The summed E-state index contributed by atoms with van der Waals surface area (Å²) in [6, 6.07) is 0. The fourth-order valence-electron chi connectivity index (χ4n) is 1.23. The van der Waals surface area contributed by atoms with Crippen LogP contribution in [0.25, 0.3) is 0 Å². The van der Waals surface area contributed by atoms with Crippen LogP contribution in [0.4, 0.5) is 0 Å². The van der Waals surface area contributed by atoms with Crippen molar-refractivity contribution in [1.29, 1.82) is 0 Å². The Labute approximate surface area is 89.3 Å². The van der Waals surface area contributed by atoms with Crippen molar-refractivity contribution in [2.75, 3.05) is 6.54 Å². The summed E-state index contributed by atoms with van der Waals surface area (Å²) in [7, 11) is -3.50. The van der Waals surface area contributed by atoms with Crippen LogP contribution in [0.2, 0.25) is 0 Å². The zero-order valence-corrected chi connectivity index (χ0v) is 9.70. The molecule has 1 aromatic rings. The normalized spacial score (nSPS) is 10.9. The van der Waals surface area contributed by atoms with E-state index in [1.807, 2.05) is 0 Å². The molecule has 0 aromatic carbocycles. The molecule has 15 heavy (non-hydrogen) atoms. The highest BCUT2D eigenvalue weighted by Gasteiger charge is 2.20. The van der Waals surface area contributed by atoms with Crippen molar-refractivity contribution >= 4 is 10.0 Å². The Morgan fingerprint density at radius 1 is 1.47 bits per heavy atom. The van der Waals surface area contributed by atoms with E-state index in [-0.39, 0.29) is 11.4 Å². The van der Waals surface area contributed by atoms with Gasteiger partial charge in [-0.15, -0.1) is 5.92 Å². The van der Waals surface area contributed by atoms with E-state index in [0.717, 1.165) is 0 Å². The summed E-state index contributed by atoms with van der Waals surface area (Å²) in [5.74, 6) is 5.25. The third-order valence-corrected chi connectivity index (χ3v) is 3.52. The molecular weight excluding hydrogens is 214 g/mol. The Kier molecular flexibility index (Phi) is 3.50. The number of aromatic nitrogens is 2. The van der Waals surface area contributed by atoms with Crippen LogP contribution >= 0.6 is 0 Å². The van der Waals surface area contributed by atoms with Crippen LogP contribution in [0.1, 0.15) is 18.3 Å². The zero-order chi connectivity index (χ0) is 11.5. The van der Waals surface area contributed by atoms with Gasteiger partial charge in [0, 0.05) is 0 Å². The Hall–Kier alpha value is -1.32. The molecule has 2 N–H and O–H groups in total. The first kappa shape index (κ1) is 11.8. The van der Waals surface area contributed by atoms with Crippen LogP contribution in [-0.4, -0.2) is 25.2 Å². The van der Waals surface area contributed by atoms with E-state index >= 15 is 0 Å². The second-order valence-corrected chi connectivity index (χ2v) is 4.72. The molecule has 0 amide bonds. The molecule has 0 aliphatic heterocycles. The maximum Gasteiger partial charge on any atom is 0.245 e. The summed E-state index contributed by atoms with van der Waals surface area (Å²) >= 11 is 0. The minimum Gasteiger partial charge on any atom is -0.281 e. The van der Waals surface area contributed by atoms with Gasteiger partial charge in [0.1, 0.15) is 4.90 Å². The topological polar surface area (TPSA) is 74.8 Å². The van der Waals surface area contributed by atoms with E-state index in [4.69, 9.17) is 0 Å². The summed E-state index contributed by atoms with van der Waals surface area (Å²) in [4.78, 5) is 0.209. The molecule has 0 atom stereocenters. The predicted octanol–water partition coefficient (Wildman–Crippen LogP) is 0.328. The molecule has 6 heteroatoms. The van der Waals surface area contributed by atoms with Crippen LogP contribution in [0, 0.1) is 25.7 Å². The lowest BCUT2D eigenvalue weighted by atomic mass is 10.4. The van der Waals surface area contributed by atoms with Crippen molar-refractivity contribution in [2.24, 2.45) is 0 Å². The Bertz CT molecular complexity index is 486. The van der Waals surface area contributed by atoms with Crippen molar-refractivity contribution in [2.45, 2.75) is 25.7 Å². The highest BCUT2D eigenvalue weighted by molar-refractivity contribution is 7.89. The van der Waals surface area contributed by atoms with Crippen molar-refractivity contribution in [3.63, 3.8) is 0 Å². The largest absolute Gasteiger partial charge is 0.281 e.